The van der Waals surface area contributed by atoms with Gasteiger partial charge in [-0.25, -0.2) is 4.98 Å². The minimum atomic E-state index is 0.706. The van der Waals surface area contributed by atoms with Crippen molar-refractivity contribution >= 4 is 11.6 Å². The van der Waals surface area contributed by atoms with E-state index >= 15 is 0 Å². The highest BCUT2D eigenvalue weighted by molar-refractivity contribution is 6.30. The molecule has 0 saturated carbocycles. The first-order chi connectivity index (χ1) is 9.72. The quantitative estimate of drug-likeness (QED) is 0.798. The van der Waals surface area contributed by atoms with Gasteiger partial charge in [-0.3, -0.25) is 0 Å². The summed E-state index contributed by atoms with van der Waals surface area (Å²) >= 11 is 6.04. The second kappa shape index (κ2) is 7.31. The molecule has 1 heterocycles. The summed E-state index contributed by atoms with van der Waals surface area (Å²) in [6.07, 6.45) is 4.85. The molecule has 0 aliphatic heterocycles. The van der Waals surface area contributed by atoms with Crippen LogP contribution in [0.1, 0.15) is 18.2 Å². The van der Waals surface area contributed by atoms with Crippen molar-refractivity contribution in [3.05, 3.63) is 47.0 Å². The smallest absolute Gasteiger partial charge is 0.123 e. The van der Waals surface area contributed by atoms with Crippen molar-refractivity contribution < 1.29 is 4.74 Å². The molecule has 20 heavy (non-hydrogen) atoms. The second-order valence-corrected chi connectivity index (χ2v) is 5.03. The predicted molar refractivity (Wildman–Crippen MR) is 81.6 cm³/mol. The highest BCUT2D eigenvalue weighted by Crippen LogP contribution is 2.23. The van der Waals surface area contributed by atoms with E-state index in [4.69, 9.17) is 16.3 Å². The number of aromatic nitrogens is 2. The Hall–Kier alpha value is -1.52. The van der Waals surface area contributed by atoms with Crippen molar-refractivity contribution in [3.63, 3.8) is 0 Å². The van der Waals surface area contributed by atoms with Gasteiger partial charge in [-0.1, -0.05) is 18.5 Å². The number of nitrogens with one attached hydrogen (secondary N) is 1. The summed E-state index contributed by atoms with van der Waals surface area (Å²) in [5, 5.41) is 4.01. The van der Waals surface area contributed by atoms with E-state index in [0.717, 1.165) is 36.5 Å². The molecule has 108 valence electrons. The van der Waals surface area contributed by atoms with Crippen LogP contribution in [0.4, 0.5) is 0 Å². The number of ether oxygens (including phenoxy) is 1. The van der Waals surface area contributed by atoms with Gasteiger partial charge in [0.15, 0.2) is 0 Å². The van der Waals surface area contributed by atoms with E-state index in [1.165, 1.54) is 0 Å². The second-order valence-electron chi connectivity index (χ2n) is 4.60. The van der Waals surface area contributed by atoms with Crippen molar-refractivity contribution in [2.45, 2.75) is 19.9 Å². The maximum absolute atomic E-state index is 6.04. The Morgan fingerprint density at radius 2 is 2.25 bits per heavy atom. The molecule has 1 aromatic heterocycles. The number of nitrogens with zero attached hydrogens (tertiary/aromatic N) is 2. The normalized spacial score (nSPS) is 10.8. The molecule has 2 rings (SSSR count). The first-order valence-electron chi connectivity index (χ1n) is 6.76. The van der Waals surface area contributed by atoms with Gasteiger partial charge in [-0.05, 0) is 24.7 Å². The molecule has 2 aromatic rings. The van der Waals surface area contributed by atoms with Crippen molar-refractivity contribution in [1.29, 1.82) is 0 Å². The topological polar surface area (TPSA) is 39.1 Å². The number of hydrogen-bond acceptors (Lipinski definition) is 3. The first kappa shape index (κ1) is 14.9. The molecule has 0 atom stereocenters. The Kier molecular flexibility index (Phi) is 5.44. The van der Waals surface area contributed by atoms with Crippen molar-refractivity contribution in [3.8, 4) is 5.75 Å². The molecule has 1 N–H and O–H groups in total. The van der Waals surface area contributed by atoms with Gasteiger partial charge in [0.2, 0.25) is 0 Å². The van der Waals surface area contributed by atoms with E-state index < -0.39 is 0 Å². The molecule has 0 radical (unpaired) electrons. The molecule has 0 aliphatic rings. The van der Waals surface area contributed by atoms with E-state index in [2.05, 4.69) is 28.0 Å². The molecular formula is C15H20ClN3O. The van der Waals surface area contributed by atoms with Crippen molar-refractivity contribution in [1.82, 2.24) is 14.9 Å². The van der Waals surface area contributed by atoms with Gasteiger partial charge in [0, 0.05) is 29.7 Å². The summed E-state index contributed by atoms with van der Waals surface area (Å²) in [7, 11) is 1.67. The number of hydrogen-bond donors (Lipinski definition) is 1. The van der Waals surface area contributed by atoms with Crippen molar-refractivity contribution in [2.24, 2.45) is 0 Å². The monoisotopic (exact) mass is 293 g/mol. The van der Waals surface area contributed by atoms with Gasteiger partial charge >= 0.3 is 0 Å². The highest BCUT2D eigenvalue weighted by atomic mass is 35.5. The van der Waals surface area contributed by atoms with Gasteiger partial charge in [-0.2, -0.15) is 0 Å². The van der Waals surface area contributed by atoms with Crippen molar-refractivity contribution in [2.75, 3.05) is 20.2 Å². The fraction of sp³-hybridized carbons (Fsp3) is 0.400. The van der Waals surface area contributed by atoms with Crippen LogP contribution >= 0.6 is 11.6 Å². The SMILES string of the molecule is CCNCCc1cn(Cc2cc(Cl)ccc2OC)cn1. The minimum absolute atomic E-state index is 0.706. The van der Waals surface area contributed by atoms with E-state index in [1.807, 2.05) is 24.5 Å². The van der Waals surface area contributed by atoms with Crippen LogP contribution < -0.4 is 10.1 Å². The standard InChI is InChI=1S/C15H20ClN3O/c1-3-17-7-6-14-10-19(11-18-14)9-12-8-13(16)4-5-15(12)20-2/h4-5,8,10-11,17H,3,6-7,9H2,1-2H3. The zero-order valence-electron chi connectivity index (χ0n) is 11.9. The summed E-state index contributed by atoms with van der Waals surface area (Å²) in [5.41, 5.74) is 2.14. The van der Waals surface area contributed by atoms with Gasteiger partial charge in [-0.15, -0.1) is 0 Å². The highest BCUT2D eigenvalue weighted by Gasteiger charge is 2.06. The van der Waals surface area contributed by atoms with Crippen LogP contribution in [0.2, 0.25) is 5.02 Å². The molecule has 0 amide bonds. The van der Waals surface area contributed by atoms with Crippen LogP contribution in [0.3, 0.4) is 0 Å². The van der Waals surface area contributed by atoms with Crippen LogP contribution in [0.15, 0.2) is 30.7 Å². The molecule has 0 bridgehead atoms. The number of imidazole rings is 1. The zero-order chi connectivity index (χ0) is 14.4. The Morgan fingerprint density at radius 3 is 3.00 bits per heavy atom. The van der Waals surface area contributed by atoms with E-state index in [9.17, 15) is 0 Å². The summed E-state index contributed by atoms with van der Waals surface area (Å²) in [5.74, 6) is 0.845. The summed E-state index contributed by atoms with van der Waals surface area (Å²) in [4.78, 5) is 4.41. The van der Waals surface area contributed by atoms with Gasteiger partial charge in [0.25, 0.3) is 0 Å². The average Bonchev–Trinajstić information content (AvgIpc) is 2.87. The molecule has 0 spiro atoms. The third kappa shape index (κ3) is 3.99. The summed E-state index contributed by atoms with van der Waals surface area (Å²) < 4.78 is 7.41. The predicted octanol–water partition coefficient (Wildman–Crippen LogP) is 2.75. The van der Waals surface area contributed by atoms with E-state index in [0.29, 0.717) is 11.6 Å². The first-order valence-corrected chi connectivity index (χ1v) is 7.14. The Balaban J connectivity index is 2.04. The van der Waals surface area contributed by atoms with Gasteiger partial charge in [0.1, 0.15) is 5.75 Å². The van der Waals surface area contributed by atoms with Crippen LogP contribution in [0.5, 0.6) is 5.75 Å². The number of rotatable bonds is 7. The summed E-state index contributed by atoms with van der Waals surface area (Å²) in [6.45, 7) is 4.75. The molecule has 0 unspecified atom stereocenters. The number of methoxy groups -OCH3 is 1. The third-order valence-corrected chi connectivity index (χ3v) is 3.33. The Bertz CT molecular complexity index is 554. The fourth-order valence-electron chi connectivity index (χ4n) is 2.08. The largest absolute Gasteiger partial charge is 0.496 e. The van der Waals surface area contributed by atoms with Crippen LogP contribution in [0.25, 0.3) is 0 Å². The lowest BCUT2D eigenvalue weighted by Gasteiger charge is -2.09. The maximum atomic E-state index is 6.04. The molecule has 0 aliphatic carbocycles. The van der Waals surface area contributed by atoms with Gasteiger partial charge in [0.05, 0.1) is 25.7 Å². The lowest BCUT2D eigenvalue weighted by Crippen LogP contribution is -2.16. The molecule has 0 saturated heterocycles. The fourth-order valence-corrected chi connectivity index (χ4v) is 2.28. The zero-order valence-corrected chi connectivity index (χ0v) is 12.7. The molecular weight excluding hydrogens is 274 g/mol. The molecule has 4 nitrogen and oxygen atoms in total. The summed E-state index contributed by atoms with van der Waals surface area (Å²) in [6, 6.07) is 5.65. The Morgan fingerprint density at radius 1 is 1.40 bits per heavy atom. The number of likely N-dealkylation sites (N-methyl/N-ethyl adjacent to an activating group) is 1. The Labute approximate surface area is 124 Å². The van der Waals surface area contributed by atoms with Crippen LogP contribution in [0, 0.1) is 0 Å². The van der Waals surface area contributed by atoms with Gasteiger partial charge < -0.3 is 14.6 Å². The molecule has 1 aromatic carbocycles. The third-order valence-electron chi connectivity index (χ3n) is 3.09. The van der Waals surface area contributed by atoms with Crippen LogP contribution in [-0.4, -0.2) is 29.8 Å². The van der Waals surface area contributed by atoms with E-state index in [-0.39, 0.29) is 0 Å². The lowest BCUT2D eigenvalue weighted by molar-refractivity contribution is 0.408. The molecule has 0 fully saturated rings. The minimum Gasteiger partial charge on any atom is -0.496 e. The molecule has 5 heteroatoms. The average molecular weight is 294 g/mol. The lowest BCUT2D eigenvalue weighted by atomic mass is 10.2. The van der Waals surface area contributed by atoms with Crippen LogP contribution in [-0.2, 0) is 13.0 Å². The number of halogens is 1. The van der Waals surface area contributed by atoms with E-state index in [1.54, 1.807) is 7.11 Å². The maximum Gasteiger partial charge on any atom is 0.123 e. The number of benzene rings is 1.